The van der Waals surface area contributed by atoms with Crippen LogP contribution in [0.4, 0.5) is 0 Å². The maximum absolute atomic E-state index is 5.27. The Labute approximate surface area is 129 Å². The molecule has 110 valence electrons. The molecule has 0 saturated heterocycles. The van der Waals surface area contributed by atoms with Gasteiger partial charge in [0.2, 0.25) is 0 Å². The average Bonchev–Trinajstić information content (AvgIpc) is 3.16. The van der Waals surface area contributed by atoms with Gasteiger partial charge in [0.05, 0.1) is 7.11 Å². The number of ether oxygens (including phenoxy) is 1. The Balaban J connectivity index is 1.63. The summed E-state index contributed by atoms with van der Waals surface area (Å²) in [5.41, 5.74) is 1.25. The maximum atomic E-state index is 5.27. The maximum Gasteiger partial charge on any atom is 0.119 e. The molecule has 0 radical (unpaired) electrons. The monoisotopic (exact) mass is 300 g/mol. The molecule has 0 aliphatic rings. The molecule has 1 aromatic carbocycles. The summed E-state index contributed by atoms with van der Waals surface area (Å²) in [4.78, 5) is 1.39. The van der Waals surface area contributed by atoms with Crippen LogP contribution < -0.4 is 10.1 Å². The highest BCUT2D eigenvalue weighted by Gasteiger charge is 2.06. The summed E-state index contributed by atoms with van der Waals surface area (Å²) in [5.74, 6) is 0.907. The van der Waals surface area contributed by atoms with Gasteiger partial charge in [-0.2, -0.15) is 0 Å². The smallest absolute Gasteiger partial charge is 0.119 e. The van der Waals surface area contributed by atoms with Gasteiger partial charge in [0.15, 0.2) is 0 Å². The van der Waals surface area contributed by atoms with Crippen molar-refractivity contribution in [3.05, 3.63) is 52.9 Å². The minimum Gasteiger partial charge on any atom is -0.497 e. The van der Waals surface area contributed by atoms with Gasteiger partial charge < -0.3 is 14.6 Å². The fourth-order valence-corrected chi connectivity index (χ4v) is 3.30. The van der Waals surface area contributed by atoms with Crippen LogP contribution in [-0.2, 0) is 6.54 Å². The number of benzene rings is 1. The van der Waals surface area contributed by atoms with Gasteiger partial charge in [-0.05, 0) is 42.6 Å². The van der Waals surface area contributed by atoms with E-state index in [4.69, 9.17) is 4.74 Å². The lowest BCUT2D eigenvalue weighted by Crippen LogP contribution is -2.22. The van der Waals surface area contributed by atoms with Crippen molar-refractivity contribution in [1.29, 1.82) is 0 Å². The number of aromatic nitrogens is 1. The predicted molar refractivity (Wildman–Crippen MR) is 89.2 cm³/mol. The quantitative estimate of drug-likeness (QED) is 0.743. The Morgan fingerprint density at radius 1 is 1.29 bits per heavy atom. The van der Waals surface area contributed by atoms with Gasteiger partial charge in [-0.1, -0.05) is 6.07 Å². The minimum atomic E-state index is 0.409. The van der Waals surface area contributed by atoms with Crippen molar-refractivity contribution < 1.29 is 4.74 Å². The number of fused-ring (bicyclic) bond motifs is 1. The third-order valence-corrected chi connectivity index (χ3v) is 4.81. The highest BCUT2D eigenvalue weighted by molar-refractivity contribution is 7.10. The third-order valence-electron chi connectivity index (χ3n) is 3.75. The number of nitrogens with zero attached hydrogens (tertiary/aromatic N) is 1. The minimum absolute atomic E-state index is 0.409. The Morgan fingerprint density at radius 3 is 2.95 bits per heavy atom. The zero-order valence-corrected chi connectivity index (χ0v) is 13.2. The summed E-state index contributed by atoms with van der Waals surface area (Å²) in [6, 6.07) is 13.0. The van der Waals surface area contributed by atoms with Crippen LogP contribution in [0.25, 0.3) is 10.9 Å². The summed E-state index contributed by atoms with van der Waals surface area (Å²) >= 11 is 1.80. The van der Waals surface area contributed by atoms with Crippen molar-refractivity contribution in [1.82, 2.24) is 9.88 Å². The van der Waals surface area contributed by atoms with E-state index in [1.807, 2.05) is 6.07 Å². The van der Waals surface area contributed by atoms with Crippen LogP contribution in [0.1, 0.15) is 17.8 Å². The number of methoxy groups -OCH3 is 1. The van der Waals surface area contributed by atoms with Gasteiger partial charge >= 0.3 is 0 Å². The molecule has 1 atom stereocenters. The Hall–Kier alpha value is -1.78. The predicted octanol–water partition coefficient (Wildman–Crippen LogP) is 4.06. The van der Waals surface area contributed by atoms with Crippen LogP contribution in [0, 0.1) is 0 Å². The first-order valence-corrected chi connectivity index (χ1v) is 8.05. The van der Waals surface area contributed by atoms with E-state index < -0.39 is 0 Å². The van der Waals surface area contributed by atoms with Crippen LogP contribution in [0.5, 0.6) is 5.75 Å². The molecule has 4 heteroatoms. The van der Waals surface area contributed by atoms with Crippen LogP contribution in [-0.4, -0.2) is 18.2 Å². The molecular formula is C17H20N2OS. The van der Waals surface area contributed by atoms with E-state index in [1.54, 1.807) is 18.4 Å². The van der Waals surface area contributed by atoms with Crippen LogP contribution in [0.3, 0.4) is 0 Å². The lowest BCUT2D eigenvalue weighted by molar-refractivity contribution is 0.415. The number of nitrogens with one attached hydrogen (secondary N) is 1. The average molecular weight is 300 g/mol. The zero-order valence-electron chi connectivity index (χ0n) is 12.4. The van der Waals surface area contributed by atoms with Crippen LogP contribution >= 0.6 is 11.3 Å². The fraction of sp³-hybridized carbons (Fsp3) is 0.294. The largest absolute Gasteiger partial charge is 0.497 e. The van der Waals surface area contributed by atoms with Gasteiger partial charge in [-0.15, -0.1) is 11.3 Å². The van der Waals surface area contributed by atoms with Crippen molar-refractivity contribution >= 4 is 22.2 Å². The van der Waals surface area contributed by atoms with E-state index in [9.17, 15) is 0 Å². The van der Waals surface area contributed by atoms with Crippen molar-refractivity contribution in [2.45, 2.75) is 19.5 Å². The standard InChI is InChI=1S/C17H20N2OS/c1-13(17-4-3-11-21-17)18-8-10-19-9-7-14-12-15(20-2)5-6-16(14)19/h3-7,9,11-13,18H,8,10H2,1-2H3. The summed E-state index contributed by atoms with van der Waals surface area (Å²) in [6.45, 7) is 4.13. The van der Waals surface area contributed by atoms with E-state index in [2.05, 4.69) is 58.7 Å². The molecule has 2 aromatic heterocycles. The summed E-state index contributed by atoms with van der Waals surface area (Å²) in [7, 11) is 1.70. The molecule has 0 fully saturated rings. The molecule has 0 spiro atoms. The number of hydrogen-bond donors (Lipinski definition) is 1. The molecule has 0 bridgehead atoms. The molecule has 0 aliphatic carbocycles. The van der Waals surface area contributed by atoms with E-state index >= 15 is 0 Å². The van der Waals surface area contributed by atoms with Crippen molar-refractivity contribution in [3.63, 3.8) is 0 Å². The number of thiophene rings is 1. The zero-order chi connectivity index (χ0) is 14.7. The third kappa shape index (κ3) is 3.12. The summed E-state index contributed by atoms with van der Waals surface area (Å²) < 4.78 is 7.55. The highest BCUT2D eigenvalue weighted by Crippen LogP contribution is 2.22. The van der Waals surface area contributed by atoms with E-state index in [0.717, 1.165) is 18.8 Å². The van der Waals surface area contributed by atoms with Crippen LogP contribution in [0.2, 0.25) is 0 Å². The lowest BCUT2D eigenvalue weighted by Gasteiger charge is -2.13. The SMILES string of the molecule is COc1ccc2c(ccn2CCNC(C)c2cccs2)c1. The summed E-state index contributed by atoms with van der Waals surface area (Å²) in [5, 5.41) is 6.92. The molecular weight excluding hydrogens is 280 g/mol. The molecule has 0 aliphatic heterocycles. The van der Waals surface area contributed by atoms with Gasteiger partial charge in [0.1, 0.15) is 5.75 Å². The second-order valence-corrected chi connectivity index (χ2v) is 6.10. The van der Waals surface area contributed by atoms with Crippen LogP contribution in [0.15, 0.2) is 48.0 Å². The Kier molecular flexibility index (Phi) is 4.27. The van der Waals surface area contributed by atoms with E-state index in [1.165, 1.54) is 15.8 Å². The first-order chi connectivity index (χ1) is 10.3. The molecule has 3 rings (SSSR count). The molecule has 0 amide bonds. The second-order valence-electron chi connectivity index (χ2n) is 5.13. The Bertz CT molecular complexity index is 703. The van der Waals surface area contributed by atoms with E-state index in [-0.39, 0.29) is 0 Å². The first kappa shape index (κ1) is 14.2. The molecule has 1 unspecified atom stereocenters. The molecule has 1 N–H and O–H groups in total. The van der Waals surface area contributed by atoms with Gasteiger partial charge in [-0.25, -0.2) is 0 Å². The molecule has 2 heterocycles. The highest BCUT2D eigenvalue weighted by atomic mass is 32.1. The van der Waals surface area contributed by atoms with Gasteiger partial charge in [0.25, 0.3) is 0 Å². The fourth-order valence-electron chi connectivity index (χ4n) is 2.54. The van der Waals surface area contributed by atoms with E-state index in [0.29, 0.717) is 6.04 Å². The normalized spacial score (nSPS) is 12.7. The lowest BCUT2D eigenvalue weighted by atomic mass is 10.2. The second kappa shape index (κ2) is 6.33. The van der Waals surface area contributed by atoms with Crippen molar-refractivity contribution in [3.8, 4) is 5.75 Å². The van der Waals surface area contributed by atoms with Gasteiger partial charge in [0, 0.05) is 41.1 Å². The summed E-state index contributed by atoms with van der Waals surface area (Å²) in [6.07, 6.45) is 2.14. The Morgan fingerprint density at radius 2 is 2.19 bits per heavy atom. The molecule has 0 saturated carbocycles. The number of rotatable bonds is 6. The number of hydrogen-bond acceptors (Lipinski definition) is 3. The first-order valence-electron chi connectivity index (χ1n) is 7.17. The molecule has 3 nitrogen and oxygen atoms in total. The van der Waals surface area contributed by atoms with Crippen molar-refractivity contribution in [2.24, 2.45) is 0 Å². The van der Waals surface area contributed by atoms with Crippen molar-refractivity contribution in [2.75, 3.05) is 13.7 Å². The topological polar surface area (TPSA) is 26.2 Å². The molecule has 3 aromatic rings. The molecule has 21 heavy (non-hydrogen) atoms. The van der Waals surface area contributed by atoms with Gasteiger partial charge in [-0.3, -0.25) is 0 Å².